The second-order valence-electron chi connectivity index (χ2n) is 7.21. The summed E-state index contributed by atoms with van der Waals surface area (Å²) in [6.45, 7) is 6.23. The fourth-order valence-corrected chi connectivity index (χ4v) is 3.68. The van der Waals surface area contributed by atoms with Crippen LogP contribution in [0.1, 0.15) is 15.9 Å². The minimum absolute atomic E-state index is 0.168. The van der Waals surface area contributed by atoms with Gasteiger partial charge in [-0.25, -0.2) is 0 Å². The third kappa shape index (κ3) is 3.86. The lowest BCUT2D eigenvalue weighted by atomic mass is 10.1. The molecule has 2 aromatic rings. The molecular weight excluding hydrogens is 374 g/mol. The monoisotopic (exact) mass is 399 g/mol. The molecule has 0 atom stereocenters. The molecule has 0 spiro atoms. The number of amides is 1. The summed E-state index contributed by atoms with van der Waals surface area (Å²) < 4.78 is 17.3. The Morgan fingerprint density at radius 2 is 1.86 bits per heavy atom. The maximum Gasteiger partial charge on any atom is 0.268 e. The van der Waals surface area contributed by atoms with Crippen molar-refractivity contribution in [3.63, 3.8) is 0 Å². The minimum Gasteiger partial charge on any atom is -0.454 e. The highest BCUT2D eigenvalue weighted by Crippen LogP contribution is 2.33. The smallest absolute Gasteiger partial charge is 0.268 e. The molecule has 0 N–H and O–H groups in total. The van der Waals surface area contributed by atoms with Crippen LogP contribution in [-0.2, 0) is 4.74 Å². The highest BCUT2D eigenvalue weighted by molar-refractivity contribution is 5.95. The number of piperazine rings is 1. The van der Waals surface area contributed by atoms with E-state index in [4.69, 9.17) is 14.2 Å². The summed E-state index contributed by atoms with van der Waals surface area (Å²) in [5, 5.41) is 0. The van der Waals surface area contributed by atoms with E-state index in [-0.39, 0.29) is 23.8 Å². The molecule has 2 aliphatic heterocycles. The first kappa shape index (κ1) is 19.5. The number of carbonyl (C=O) groups excluding carboxylic acids is 1. The molecule has 1 amide bonds. The number of aromatic nitrogens is 1. The van der Waals surface area contributed by atoms with Crippen LogP contribution in [0.3, 0.4) is 0 Å². The summed E-state index contributed by atoms with van der Waals surface area (Å²) in [7, 11) is 1.68. The molecular formula is C21H25N3O5. The predicted molar refractivity (Wildman–Crippen MR) is 107 cm³/mol. The van der Waals surface area contributed by atoms with Crippen LogP contribution in [0.25, 0.3) is 5.69 Å². The van der Waals surface area contributed by atoms with Crippen LogP contribution in [0.15, 0.2) is 35.3 Å². The number of hydrogen-bond donors (Lipinski definition) is 0. The lowest BCUT2D eigenvalue weighted by molar-refractivity contribution is 0.0591. The molecule has 1 aromatic carbocycles. The highest BCUT2D eigenvalue weighted by atomic mass is 16.7. The van der Waals surface area contributed by atoms with Crippen molar-refractivity contribution in [2.45, 2.75) is 6.92 Å². The Hall–Kier alpha value is -2.84. The molecule has 0 aliphatic carbocycles. The highest BCUT2D eigenvalue weighted by Gasteiger charge is 2.26. The second-order valence-corrected chi connectivity index (χ2v) is 7.21. The van der Waals surface area contributed by atoms with Gasteiger partial charge in [-0.1, -0.05) is 0 Å². The maximum atomic E-state index is 13.2. The first-order chi connectivity index (χ1) is 14.1. The molecule has 0 unspecified atom stereocenters. The standard InChI is InChI=1S/C21H25N3O5/c1-15-5-6-24(16-3-4-17-18(13-16)29-14-28-17)21(26)19(15)20(25)23-9-7-22(8-10-23)11-12-27-2/h3-6,13H,7-12,14H2,1-2H3. The molecule has 0 saturated carbocycles. The minimum atomic E-state index is -0.323. The number of fused-ring (bicyclic) bond motifs is 1. The van der Waals surface area contributed by atoms with Gasteiger partial charge >= 0.3 is 0 Å². The molecule has 154 valence electrons. The molecule has 4 rings (SSSR count). The number of nitrogens with zero attached hydrogens (tertiary/aromatic N) is 3. The van der Waals surface area contributed by atoms with Gasteiger partial charge in [0.1, 0.15) is 5.56 Å². The normalized spacial score (nSPS) is 16.3. The lowest BCUT2D eigenvalue weighted by Gasteiger charge is -2.34. The topological polar surface area (TPSA) is 73.2 Å². The summed E-state index contributed by atoms with van der Waals surface area (Å²) in [6.07, 6.45) is 1.69. The van der Waals surface area contributed by atoms with Crippen LogP contribution in [-0.4, -0.2) is 73.5 Å². The fourth-order valence-electron chi connectivity index (χ4n) is 3.68. The zero-order valence-electron chi connectivity index (χ0n) is 16.7. The van der Waals surface area contributed by atoms with Gasteiger partial charge in [-0.2, -0.15) is 0 Å². The van der Waals surface area contributed by atoms with Crippen molar-refractivity contribution in [3.05, 3.63) is 51.9 Å². The summed E-state index contributed by atoms with van der Waals surface area (Å²) in [6, 6.07) is 7.10. The molecule has 8 nitrogen and oxygen atoms in total. The Morgan fingerprint density at radius 1 is 1.10 bits per heavy atom. The molecule has 3 heterocycles. The van der Waals surface area contributed by atoms with Gasteiger partial charge in [-0.15, -0.1) is 0 Å². The van der Waals surface area contributed by atoms with Crippen LogP contribution in [0.4, 0.5) is 0 Å². The first-order valence-corrected chi connectivity index (χ1v) is 9.71. The van der Waals surface area contributed by atoms with Crippen molar-refractivity contribution >= 4 is 5.91 Å². The summed E-state index contributed by atoms with van der Waals surface area (Å²) in [5.74, 6) is 1.03. The predicted octanol–water partition coefficient (Wildman–Crippen LogP) is 1.28. The molecule has 0 bridgehead atoms. The van der Waals surface area contributed by atoms with E-state index in [1.165, 1.54) is 4.57 Å². The van der Waals surface area contributed by atoms with Crippen LogP contribution in [0.5, 0.6) is 11.5 Å². The first-order valence-electron chi connectivity index (χ1n) is 9.71. The van der Waals surface area contributed by atoms with E-state index in [1.807, 2.05) is 0 Å². The van der Waals surface area contributed by atoms with Gasteiger partial charge in [-0.05, 0) is 30.7 Å². The van der Waals surface area contributed by atoms with Crippen LogP contribution < -0.4 is 15.0 Å². The Bertz CT molecular complexity index is 963. The van der Waals surface area contributed by atoms with Gasteiger partial charge in [0.2, 0.25) is 6.79 Å². The quantitative estimate of drug-likeness (QED) is 0.754. The number of aryl methyl sites for hydroxylation is 1. The van der Waals surface area contributed by atoms with Gasteiger partial charge in [-0.3, -0.25) is 19.1 Å². The van der Waals surface area contributed by atoms with Crippen molar-refractivity contribution in [1.82, 2.24) is 14.4 Å². The Morgan fingerprint density at radius 3 is 2.62 bits per heavy atom. The van der Waals surface area contributed by atoms with Gasteiger partial charge in [0.25, 0.3) is 11.5 Å². The average molecular weight is 399 g/mol. The van der Waals surface area contributed by atoms with Gasteiger partial charge in [0.05, 0.1) is 12.3 Å². The van der Waals surface area contributed by atoms with E-state index >= 15 is 0 Å². The lowest BCUT2D eigenvalue weighted by Crippen LogP contribution is -2.50. The van der Waals surface area contributed by atoms with Gasteiger partial charge in [0.15, 0.2) is 11.5 Å². The summed E-state index contributed by atoms with van der Waals surface area (Å²) in [5.41, 5.74) is 1.21. The number of methoxy groups -OCH3 is 1. The number of pyridine rings is 1. The van der Waals surface area contributed by atoms with E-state index in [1.54, 1.807) is 49.4 Å². The average Bonchev–Trinajstić information content (AvgIpc) is 3.20. The number of hydrogen-bond acceptors (Lipinski definition) is 6. The second kappa shape index (κ2) is 8.26. The Balaban J connectivity index is 1.57. The summed E-state index contributed by atoms with van der Waals surface area (Å²) >= 11 is 0. The molecule has 8 heteroatoms. The van der Waals surface area contributed by atoms with E-state index in [2.05, 4.69) is 4.90 Å². The number of ether oxygens (including phenoxy) is 3. The molecule has 0 radical (unpaired) electrons. The fraction of sp³-hybridized carbons (Fsp3) is 0.429. The van der Waals surface area contributed by atoms with Crippen molar-refractivity contribution < 1.29 is 19.0 Å². The Kier molecular flexibility index (Phi) is 5.55. The largest absolute Gasteiger partial charge is 0.454 e. The van der Waals surface area contributed by atoms with Crippen LogP contribution in [0.2, 0.25) is 0 Å². The van der Waals surface area contributed by atoms with Crippen molar-refractivity contribution in [3.8, 4) is 17.2 Å². The molecule has 1 fully saturated rings. The van der Waals surface area contributed by atoms with Crippen molar-refractivity contribution in [2.24, 2.45) is 0 Å². The zero-order valence-corrected chi connectivity index (χ0v) is 16.7. The number of carbonyl (C=O) groups is 1. The zero-order chi connectivity index (χ0) is 20.4. The van der Waals surface area contributed by atoms with E-state index in [9.17, 15) is 9.59 Å². The van der Waals surface area contributed by atoms with Crippen molar-refractivity contribution in [2.75, 3.05) is 53.2 Å². The van der Waals surface area contributed by atoms with Gasteiger partial charge in [0, 0.05) is 52.1 Å². The van der Waals surface area contributed by atoms with E-state index in [0.29, 0.717) is 42.4 Å². The van der Waals surface area contributed by atoms with Crippen molar-refractivity contribution in [1.29, 1.82) is 0 Å². The third-order valence-corrected chi connectivity index (χ3v) is 5.42. The molecule has 29 heavy (non-hydrogen) atoms. The van der Waals surface area contributed by atoms with E-state index < -0.39 is 0 Å². The van der Waals surface area contributed by atoms with Gasteiger partial charge < -0.3 is 19.1 Å². The third-order valence-electron chi connectivity index (χ3n) is 5.42. The molecule has 1 aromatic heterocycles. The van der Waals surface area contributed by atoms with E-state index in [0.717, 1.165) is 19.6 Å². The number of rotatable bonds is 5. The maximum absolute atomic E-state index is 13.2. The number of benzene rings is 1. The van der Waals surface area contributed by atoms with Crippen LogP contribution in [0, 0.1) is 6.92 Å². The Labute approximate surface area is 169 Å². The molecule has 2 aliphatic rings. The SMILES string of the molecule is COCCN1CCN(C(=O)c2c(C)ccn(-c3ccc4c(c3)OCO4)c2=O)CC1. The molecule has 1 saturated heterocycles. The van der Waals surface area contributed by atoms with Crippen LogP contribution >= 0.6 is 0 Å². The summed E-state index contributed by atoms with van der Waals surface area (Å²) in [4.78, 5) is 30.4.